The van der Waals surface area contributed by atoms with E-state index < -0.39 is 15.7 Å². The molecule has 2 heterocycles. The zero-order valence-electron chi connectivity index (χ0n) is 14.9. The van der Waals surface area contributed by atoms with Crippen LogP contribution in [0, 0.1) is 0 Å². The molecule has 1 radical (unpaired) electrons. The summed E-state index contributed by atoms with van der Waals surface area (Å²) in [5, 5.41) is 7.75. The van der Waals surface area contributed by atoms with Crippen molar-refractivity contribution in [3.8, 4) is 0 Å². The molecule has 1 spiro atoms. The maximum absolute atomic E-state index is 12.8. The highest BCUT2D eigenvalue weighted by atomic mass is 32.2. The number of rotatable bonds is 4. The number of hydrogen-bond donors (Lipinski definition) is 1. The van der Waals surface area contributed by atoms with E-state index in [0.29, 0.717) is 37.2 Å². The predicted molar refractivity (Wildman–Crippen MR) is 101 cm³/mol. The third-order valence-electron chi connectivity index (χ3n) is 5.28. The van der Waals surface area contributed by atoms with Crippen LogP contribution in [0.2, 0.25) is 0 Å². The molecular weight excluding hydrogens is 362 g/mol. The topological polar surface area (TPSA) is 80.6 Å². The van der Waals surface area contributed by atoms with Gasteiger partial charge in [-0.1, -0.05) is 48.5 Å². The first-order valence-corrected chi connectivity index (χ1v) is 10.6. The molecule has 2 fully saturated rings. The van der Waals surface area contributed by atoms with Gasteiger partial charge in [0.1, 0.15) is 5.66 Å². The van der Waals surface area contributed by atoms with E-state index in [2.05, 4.69) is 10.6 Å². The number of amides is 1. The van der Waals surface area contributed by atoms with Crippen molar-refractivity contribution in [1.82, 2.24) is 14.9 Å². The van der Waals surface area contributed by atoms with E-state index in [0.717, 1.165) is 5.56 Å². The minimum absolute atomic E-state index is 0.141. The zero-order valence-corrected chi connectivity index (χ0v) is 15.7. The minimum Gasteiger partial charge on any atom is -0.281 e. The van der Waals surface area contributed by atoms with Crippen LogP contribution >= 0.6 is 0 Å². The van der Waals surface area contributed by atoms with E-state index >= 15 is 0 Å². The first kappa shape index (κ1) is 18.2. The predicted octanol–water partition coefficient (Wildman–Crippen LogP) is 1.51. The van der Waals surface area contributed by atoms with Crippen LogP contribution in [-0.4, -0.2) is 43.4 Å². The Kier molecular flexibility index (Phi) is 4.75. The molecule has 1 N–H and O–H groups in total. The lowest BCUT2D eigenvalue weighted by molar-refractivity contribution is -0.121. The second kappa shape index (κ2) is 7.07. The summed E-state index contributed by atoms with van der Waals surface area (Å²) in [6, 6.07) is 18.0. The highest BCUT2D eigenvalue weighted by Gasteiger charge is 2.48. The molecule has 4 rings (SSSR count). The Morgan fingerprint density at radius 2 is 1.59 bits per heavy atom. The van der Waals surface area contributed by atoms with Crippen molar-refractivity contribution in [2.45, 2.75) is 35.9 Å². The summed E-state index contributed by atoms with van der Waals surface area (Å²) in [4.78, 5) is 12.7. The zero-order chi connectivity index (χ0) is 18.9. The van der Waals surface area contributed by atoms with E-state index in [1.54, 1.807) is 30.3 Å². The molecule has 1 atom stereocenters. The van der Waals surface area contributed by atoms with Gasteiger partial charge < -0.3 is 0 Å². The molecule has 6 nitrogen and oxygen atoms in total. The molecule has 27 heavy (non-hydrogen) atoms. The summed E-state index contributed by atoms with van der Waals surface area (Å²) >= 11 is 0. The summed E-state index contributed by atoms with van der Waals surface area (Å²) < 4.78 is 27.0. The Morgan fingerprint density at radius 3 is 2.22 bits per heavy atom. The Balaban J connectivity index is 1.42. The lowest BCUT2D eigenvalue weighted by atomic mass is 9.99. The first-order chi connectivity index (χ1) is 13.0. The van der Waals surface area contributed by atoms with Crippen molar-refractivity contribution in [2.24, 2.45) is 0 Å². The maximum Gasteiger partial charge on any atom is 0.260 e. The molecule has 141 valence electrons. The summed E-state index contributed by atoms with van der Waals surface area (Å²) in [6.07, 6.45) is 1.59. The van der Waals surface area contributed by atoms with Crippen molar-refractivity contribution >= 4 is 15.9 Å². The highest BCUT2D eigenvalue weighted by Crippen LogP contribution is 2.29. The molecule has 1 unspecified atom stereocenters. The molecular formula is C20H22N3O3S. The fraction of sp³-hybridized carbons (Fsp3) is 0.350. The van der Waals surface area contributed by atoms with Crippen molar-refractivity contribution < 1.29 is 13.2 Å². The van der Waals surface area contributed by atoms with Crippen LogP contribution in [0.4, 0.5) is 0 Å². The van der Waals surface area contributed by atoms with Gasteiger partial charge in [0, 0.05) is 13.1 Å². The van der Waals surface area contributed by atoms with E-state index in [4.69, 9.17) is 0 Å². The number of sulfonamides is 1. The van der Waals surface area contributed by atoms with Gasteiger partial charge in [0.05, 0.1) is 10.9 Å². The normalized spacial score (nSPS) is 22.7. The van der Waals surface area contributed by atoms with Crippen LogP contribution in [0.3, 0.4) is 0 Å². The number of nitrogens with zero attached hydrogens (tertiary/aromatic N) is 2. The second-order valence-electron chi connectivity index (χ2n) is 7.09. The number of carbonyl (C=O) groups is 1. The smallest absolute Gasteiger partial charge is 0.260 e. The first-order valence-electron chi connectivity index (χ1n) is 9.12. The van der Waals surface area contributed by atoms with E-state index in [-0.39, 0.29) is 11.9 Å². The van der Waals surface area contributed by atoms with Gasteiger partial charge in [-0.25, -0.2) is 13.7 Å². The van der Waals surface area contributed by atoms with Gasteiger partial charge in [0.2, 0.25) is 10.0 Å². The number of piperidine rings is 1. The summed E-state index contributed by atoms with van der Waals surface area (Å²) in [5.74, 6) is -0.141. The van der Waals surface area contributed by atoms with Gasteiger partial charge in [-0.05, 0) is 37.0 Å². The van der Waals surface area contributed by atoms with Gasteiger partial charge in [0.25, 0.3) is 5.91 Å². The van der Waals surface area contributed by atoms with Crippen LogP contribution in [0.25, 0.3) is 0 Å². The lowest BCUT2D eigenvalue weighted by Gasteiger charge is -2.37. The molecule has 2 aromatic carbocycles. The average molecular weight is 384 g/mol. The molecule has 2 saturated heterocycles. The Morgan fingerprint density at radius 1 is 1.00 bits per heavy atom. The summed E-state index contributed by atoms with van der Waals surface area (Å²) in [7, 11) is -3.50. The van der Waals surface area contributed by atoms with Crippen molar-refractivity contribution in [2.75, 3.05) is 13.1 Å². The van der Waals surface area contributed by atoms with Crippen LogP contribution in [0.15, 0.2) is 65.6 Å². The largest absolute Gasteiger partial charge is 0.281 e. The van der Waals surface area contributed by atoms with E-state index in [1.165, 1.54) is 4.31 Å². The molecule has 0 aromatic heterocycles. The van der Waals surface area contributed by atoms with Gasteiger partial charge in [-0.15, -0.1) is 0 Å². The Labute approximate surface area is 159 Å². The molecule has 2 aromatic rings. The number of nitrogens with one attached hydrogen (secondary N) is 1. The van der Waals surface area contributed by atoms with Crippen molar-refractivity contribution in [3.63, 3.8) is 0 Å². The Hall–Kier alpha value is -2.22. The lowest BCUT2D eigenvalue weighted by Crippen LogP contribution is -2.56. The van der Waals surface area contributed by atoms with Crippen LogP contribution in [-0.2, 0) is 21.2 Å². The quantitative estimate of drug-likeness (QED) is 0.867. The van der Waals surface area contributed by atoms with E-state index in [9.17, 15) is 13.2 Å². The van der Waals surface area contributed by atoms with Crippen LogP contribution in [0.1, 0.15) is 18.4 Å². The van der Waals surface area contributed by atoms with Gasteiger partial charge in [-0.2, -0.15) is 4.31 Å². The van der Waals surface area contributed by atoms with Crippen molar-refractivity contribution in [1.29, 1.82) is 0 Å². The fourth-order valence-electron chi connectivity index (χ4n) is 3.79. The van der Waals surface area contributed by atoms with Crippen LogP contribution in [0.5, 0.6) is 0 Å². The maximum atomic E-state index is 12.8. The SMILES string of the molecule is O=C1[N]C2(CCN(S(=O)(=O)c3ccccc3)CC2)NC1Cc1ccccc1. The minimum atomic E-state index is -3.50. The third-order valence-corrected chi connectivity index (χ3v) is 7.19. The Bertz CT molecular complexity index is 908. The molecule has 0 aliphatic carbocycles. The fourth-order valence-corrected chi connectivity index (χ4v) is 5.25. The van der Waals surface area contributed by atoms with E-state index in [1.807, 2.05) is 30.3 Å². The summed E-state index contributed by atoms with van der Waals surface area (Å²) in [6.45, 7) is 0.693. The second-order valence-corrected chi connectivity index (χ2v) is 9.02. The van der Waals surface area contributed by atoms with Crippen molar-refractivity contribution in [3.05, 3.63) is 66.2 Å². The van der Waals surface area contributed by atoms with Crippen LogP contribution < -0.4 is 10.6 Å². The average Bonchev–Trinajstić information content (AvgIpc) is 2.98. The monoisotopic (exact) mass is 384 g/mol. The number of benzene rings is 2. The number of carbonyl (C=O) groups excluding carboxylic acids is 1. The standard InChI is InChI=1S/C20H22N3O3S/c24-19-18(15-16-7-3-1-4-8-16)21-20(22-19)11-13-23(14-12-20)27(25,26)17-9-5-2-6-10-17/h1-10,18,21H,11-15H2. The van der Waals surface area contributed by atoms with Gasteiger partial charge in [0.15, 0.2) is 0 Å². The molecule has 2 aliphatic heterocycles. The number of hydrogen-bond acceptors (Lipinski definition) is 4. The van der Waals surface area contributed by atoms with Gasteiger partial charge >= 0.3 is 0 Å². The molecule has 7 heteroatoms. The molecule has 2 aliphatic rings. The summed E-state index contributed by atoms with van der Waals surface area (Å²) in [5.41, 5.74) is 0.443. The molecule has 0 saturated carbocycles. The highest BCUT2D eigenvalue weighted by molar-refractivity contribution is 7.89. The molecule has 1 amide bonds. The third kappa shape index (κ3) is 3.63. The van der Waals surface area contributed by atoms with Gasteiger partial charge in [-0.3, -0.25) is 10.1 Å². The molecule has 0 bridgehead atoms.